The highest BCUT2D eigenvalue weighted by molar-refractivity contribution is 5.77. The fourth-order valence-electron chi connectivity index (χ4n) is 2.18. The van der Waals surface area contributed by atoms with Gasteiger partial charge in [-0.1, -0.05) is 0 Å². The number of nitrogens with zero attached hydrogens (tertiary/aromatic N) is 1. The van der Waals surface area contributed by atoms with Crippen LogP contribution in [0.1, 0.15) is 39.5 Å². The molecule has 0 bridgehead atoms. The van der Waals surface area contributed by atoms with Crippen molar-refractivity contribution in [1.82, 2.24) is 4.90 Å². The molecular weight excluding hydrogens is 234 g/mol. The number of carboxylic acids is 1. The number of rotatable bonds is 6. The van der Waals surface area contributed by atoms with Crippen LogP contribution in [0.5, 0.6) is 0 Å². The van der Waals surface area contributed by atoms with Gasteiger partial charge in [0.25, 0.3) is 0 Å². The van der Waals surface area contributed by atoms with E-state index in [4.69, 9.17) is 9.84 Å². The summed E-state index contributed by atoms with van der Waals surface area (Å²) in [6, 6.07) is 0. The predicted molar refractivity (Wildman–Crippen MR) is 67.3 cm³/mol. The first-order chi connectivity index (χ1) is 8.49. The number of carbonyl (C=O) groups excluding carboxylic acids is 1. The third kappa shape index (κ3) is 5.49. The van der Waals surface area contributed by atoms with Gasteiger partial charge < -0.3 is 14.7 Å². The molecule has 0 aromatic heterocycles. The van der Waals surface area contributed by atoms with E-state index in [9.17, 15) is 9.59 Å². The van der Waals surface area contributed by atoms with Crippen molar-refractivity contribution in [1.29, 1.82) is 0 Å². The molecule has 1 rings (SSSR count). The summed E-state index contributed by atoms with van der Waals surface area (Å²) in [5.74, 6) is -0.428. The first-order valence-electron chi connectivity index (χ1n) is 6.60. The number of amides is 1. The summed E-state index contributed by atoms with van der Waals surface area (Å²) >= 11 is 0. The number of piperidine rings is 1. The number of carbonyl (C=O) groups is 2. The van der Waals surface area contributed by atoms with E-state index >= 15 is 0 Å². The Bertz CT molecular complexity index is 291. The molecule has 1 heterocycles. The first kappa shape index (κ1) is 15.0. The Hall–Kier alpha value is -1.10. The zero-order chi connectivity index (χ0) is 13.5. The van der Waals surface area contributed by atoms with Crippen molar-refractivity contribution in [2.75, 3.05) is 19.7 Å². The van der Waals surface area contributed by atoms with Crippen molar-refractivity contribution < 1.29 is 19.4 Å². The van der Waals surface area contributed by atoms with Gasteiger partial charge in [0.15, 0.2) is 0 Å². The van der Waals surface area contributed by atoms with E-state index in [-0.39, 0.29) is 25.0 Å². The third-order valence-electron chi connectivity index (χ3n) is 3.18. The molecule has 1 fully saturated rings. The van der Waals surface area contributed by atoms with Crippen LogP contribution in [-0.2, 0) is 14.3 Å². The van der Waals surface area contributed by atoms with Gasteiger partial charge in [-0.3, -0.25) is 9.59 Å². The summed E-state index contributed by atoms with van der Waals surface area (Å²) in [6.45, 7) is 5.37. The highest BCUT2D eigenvalue weighted by Crippen LogP contribution is 2.21. The zero-order valence-corrected chi connectivity index (χ0v) is 11.2. The number of likely N-dealkylation sites (tertiary alicyclic amines) is 1. The van der Waals surface area contributed by atoms with Crippen molar-refractivity contribution in [3.63, 3.8) is 0 Å². The molecule has 0 aliphatic carbocycles. The van der Waals surface area contributed by atoms with E-state index in [1.54, 1.807) is 4.90 Å². The molecule has 1 aliphatic rings. The van der Waals surface area contributed by atoms with Gasteiger partial charge in [0, 0.05) is 19.5 Å². The molecular formula is C13H23NO4. The Labute approximate surface area is 108 Å². The van der Waals surface area contributed by atoms with Gasteiger partial charge in [-0.05, 0) is 39.0 Å². The van der Waals surface area contributed by atoms with Crippen molar-refractivity contribution in [3.8, 4) is 0 Å². The van der Waals surface area contributed by atoms with Gasteiger partial charge in [-0.15, -0.1) is 0 Å². The zero-order valence-electron chi connectivity index (χ0n) is 11.2. The van der Waals surface area contributed by atoms with Crippen LogP contribution in [0.3, 0.4) is 0 Å². The van der Waals surface area contributed by atoms with Crippen LogP contribution in [-0.4, -0.2) is 47.7 Å². The lowest BCUT2D eigenvalue weighted by molar-refractivity contribution is -0.139. The number of hydrogen-bond donors (Lipinski definition) is 1. The fraction of sp³-hybridized carbons (Fsp3) is 0.846. The van der Waals surface area contributed by atoms with Gasteiger partial charge in [0.2, 0.25) is 5.91 Å². The monoisotopic (exact) mass is 257 g/mol. The van der Waals surface area contributed by atoms with Gasteiger partial charge >= 0.3 is 5.97 Å². The van der Waals surface area contributed by atoms with Crippen LogP contribution in [0.4, 0.5) is 0 Å². The third-order valence-corrected chi connectivity index (χ3v) is 3.18. The maximum atomic E-state index is 11.9. The Morgan fingerprint density at radius 1 is 1.44 bits per heavy atom. The van der Waals surface area contributed by atoms with E-state index in [1.165, 1.54) is 0 Å². The second kappa shape index (κ2) is 7.36. The topological polar surface area (TPSA) is 66.8 Å². The number of aliphatic carboxylic acids is 1. The van der Waals surface area contributed by atoms with E-state index < -0.39 is 5.97 Å². The van der Waals surface area contributed by atoms with Crippen molar-refractivity contribution in [2.24, 2.45) is 5.92 Å². The van der Waals surface area contributed by atoms with E-state index in [2.05, 4.69) is 0 Å². The highest BCUT2D eigenvalue weighted by Gasteiger charge is 2.24. The Kier molecular flexibility index (Phi) is 6.12. The molecule has 1 atom stereocenters. The van der Waals surface area contributed by atoms with Crippen LogP contribution in [0.25, 0.3) is 0 Å². The van der Waals surface area contributed by atoms with E-state index in [1.807, 2.05) is 13.8 Å². The standard InChI is InChI=1S/C13H23NO4/c1-10(2)18-9-12(15)14-7-3-4-11(8-14)5-6-13(16)17/h10-11H,3-9H2,1-2H3,(H,16,17). The first-order valence-corrected chi connectivity index (χ1v) is 6.60. The molecule has 104 valence electrons. The van der Waals surface area contributed by atoms with Gasteiger partial charge in [-0.2, -0.15) is 0 Å². The van der Waals surface area contributed by atoms with E-state index in [0.29, 0.717) is 18.9 Å². The molecule has 1 N–H and O–H groups in total. The average molecular weight is 257 g/mol. The Morgan fingerprint density at radius 2 is 2.17 bits per heavy atom. The van der Waals surface area contributed by atoms with Gasteiger partial charge in [-0.25, -0.2) is 0 Å². The maximum Gasteiger partial charge on any atom is 0.303 e. The highest BCUT2D eigenvalue weighted by atomic mass is 16.5. The maximum absolute atomic E-state index is 11.9. The lowest BCUT2D eigenvalue weighted by Gasteiger charge is -2.32. The molecule has 1 amide bonds. The summed E-state index contributed by atoms with van der Waals surface area (Å²) in [4.78, 5) is 24.2. The second-order valence-corrected chi connectivity index (χ2v) is 5.14. The summed E-state index contributed by atoms with van der Waals surface area (Å²) in [5.41, 5.74) is 0. The molecule has 1 aliphatic heterocycles. The summed E-state index contributed by atoms with van der Waals surface area (Å²) in [7, 11) is 0. The molecule has 0 aromatic carbocycles. The second-order valence-electron chi connectivity index (χ2n) is 5.14. The minimum atomic E-state index is -0.762. The quantitative estimate of drug-likeness (QED) is 0.783. The minimum absolute atomic E-state index is 0.0173. The summed E-state index contributed by atoms with van der Waals surface area (Å²) in [6.07, 6.45) is 2.88. The Balaban J connectivity index is 2.33. The molecule has 0 radical (unpaired) electrons. The molecule has 1 unspecified atom stereocenters. The van der Waals surface area contributed by atoms with Gasteiger partial charge in [0.1, 0.15) is 6.61 Å². The average Bonchev–Trinajstić information content (AvgIpc) is 2.33. The SMILES string of the molecule is CC(C)OCC(=O)N1CCCC(CCC(=O)O)C1. The number of ether oxygens (including phenoxy) is 1. The largest absolute Gasteiger partial charge is 0.481 e. The van der Waals surface area contributed by atoms with Crippen LogP contribution < -0.4 is 0 Å². The van der Waals surface area contributed by atoms with Crippen molar-refractivity contribution in [3.05, 3.63) is 0 Å². The molecule has 1 saturated heterocycles. The summed E-state index contributed by atoms with van der Waals surface area (Å²) in [5, 5.41) is 8.66. The van der Waals surface area contributed by atoms with Crippen molar-refractivity contribution >= 4 is 11.9 Å². The van der Waals surface area contributed by atoms with Crippen molar-refractivity contribution in [2.45, 2.75) is 45.6 Å². The molecule has 0 saturated carbocycles. The molecule has 5 nitrogen and oxygen atoms in total. The smallest absolute Gasteiger partial charge is 0.303 e. The minimum Gasteiger partial charge on any atom is -0.481 e. The Morgan fingerprint density at radius 3 is 2.78 bits per heavy atom. The van der Waals surface area contributed by atoms with E-state index in [0.717, 1.165) is 19.4 Å². The molecule has 18 heavy (non-hydrogen) atoms. The van der Waals surface area contributed by atoms with Crippen LogP contribution in [0, 0.1) is 5.92 Å². The number of hydrogen-bond acceptors (Lipinski definition) is 3. The van der Waals surface area contributed by atoms with Crippen LogP contribution >= 0.6 is 0 Å². The lowest BCUT2D eigenvalue weighted by atomic mass is 9.93. The summed E-state index contributed by atoms with van der Waals surface area (Å²) < 4.78 is 5.30. The van der Waals surface area contributed by atoms with Crippen LogP contribution in [0.2, 0.25) is 0 Å². The van der Waals surface area contributed by atoms with Crippen LogP contribution in [0.15, 0.2) is 0 Å². The lowest BCUT2D eigenvalue weighted by Crippen LogP contribution is -2.42. The number of carboxylic acid groups (broad SMARTS) is 1. The normalized spacial score (nSPS) is 20.2. The predicted octanol–water partition coefficient (Wildman–Crippen LogP) is 1.51. The fourth-order valence-corrected chi connectivity index (χ4v) is 2.18. The molecule has 5 heteroatoms. The van der Waals surface area contributed by atoms with Gasteiger partial charge in [0.05, 0.1) is 6.10 Å². The molecule has 0 aromatic rings. The molecule has 0 spiro atoms.